The molecule has 1 saturated heterocycles. The van der Waals surface area contributed by atoms with Crippen LogP contribution in [0.5, 0.6) is 5.75 Å². The van der Waals surface area contributed by atoms with Crippen molar-refractivity contribution in [2.75, 3.05) is 63.3 Å². The Morgan fingerprint density at radius 3 is 2.27 bits per heavy atom. The summed E-state index contributed by atoms with van der Waals surface area (Å²) in [5, 5.41) is 15.4. The first kappa shape index (κ1) is 44.2. The van der Waals surface area contributed by atoms with Crippen LogP contribution in [0.1, 0.15) is 78.4 Å². The van der Waals surface area contributed by atoms with Crippen LogP contribution in [0.2, 0.25) is 5.02 Å². The molecule has 1 atom stereocenters. The van der Waals surface area contributed by atoms with Crippen LogP contribution >= 0.6 is 11.6 Å². The minimum absolute atomic E-state index is 0.0720. The van der Waals surface area contributed by atoms with Gasteiger partial charge in [0.25, 0.3) is 0 Å². The predicted octanol–water partition coefficient (Wildman–Crippen LogP) is 7.62. The molecule has 0 aliphatic carbocycles. The summed E-state index contributed by atoms with van der Waals surface area (Å²) in [4.78, 5) is 23.0. The second-order valence-electron chi connectivity index (χ2n) is 15.4. The van der Waals surface area contributed by atoms with E-state index in [-0.39, 0.29) is 34.4 Å². The van der Waals surface area contributed by atoms with Gasteiger partial charge in [0, 0.05) is 6.54 Å². The number of carboxylic acid groups (broad SMARTS) is 1. The first-order valence-electron chi connectivity index (χ1n) is 18.9. The second kappa shape index (κ2) is 20.1. The summed E-state index contributed by atoms with van der Waals surface area (Å²) in [5.41, 5.74) is 2.98. The minimum Gasteiger partial charge on any atom is -0.489 e. The summed E-state index contributed by atoms with van der Waals surface area (Å²) in [6, 6.07) is 10.9. The molecule has 55 heavy (non-hydrogen) atoms. The van der Waals surface area contributed by atoms with Crippen LogP contribution in [0.4, 0.5) is 23.1 Å². The van der Waals surface area contributed by atoms with E-state index >= 15 is 0 Å². The van der Waals surface area contributed by atoms with Crippen LogP contribution in [0.15, 0.2) is 47.5 Å². The molecule has 0 saturated carbocycles. The van der Waals surface area contributed by atoms with Crippen molar-refractivity contribution in [3.8, 4) is 5.75 Å². The number of aliphatic carboxylic acids is 1. The van der Waals surface area contributed by atoms with Gasteiger partial charge in [-0.2, -0.15) is 4.98 Å². The fourth-order valence-corrected chi connectivity index (χ4v) is 7.67. The summed E-state index contributed by atoms with van der Waals surface area (Å²) in [6.45, 7) is 19.6. The molecule has 4 rings (SSSR count). The Bertz CT molecular complexity index is 1830. The number of halogens is 1. The van der Waals surface area contributed by atoms with Crippen molar-refractivity contribution >= 4 is 50.5 Å². The number of para-hydroxylation sites is 1. The molecule has 304 valence electrons. The number of rotatable bonds is 20. The summed E-state index contributed by atoms with van der Waals surface area (Å²) in [5.74, 6) is 0.643. The first-order valence-corrected chi connectivity index (χ1v) is 20.8. The highest BCUT2D eigenvalue weighted by Gasteiger charge is 2.32. The number of sulfone groups is 1. The van der Waals surface area contributed by atoms with Crippen molar-refractivity contribution in [1.29, 1.82) is 0 Å². The molecule has 2 aromatic carbocycles. The highest BCUT2D eigenvalue weighted by molar-refractivity contribution is 7.92. The van der Waals surface area contributed by atoms with Gasteiger partial charge in [0.1, 0.15) is 10.8 Å². The van der Waals surface area contributed by atoms with Crippen molar-refractivity contribution in [3.63, 3.8) is 0 Å². The van der Waals surface area contributed by atoms with Gasteiger partial charge in [-0.15, -0.1) is 0 Å². The Hall–Kier alpha value is -3.53. The number of carboxylic acids is 1. The number of anilines is 4. The summed E-state index contributed by atoms with van der Waals surface area (Å²) < 4.78 is 49.2. The highest BCUT2D eigenvalue weighted by atomic mass is 35.5. The summed E-state index contributed by atoms with van der Waals surface area (Å²) in [7, 11) is -3.56. The number of carbonyl (C=O) groups is 1. The van der Waals surface area contributed by atoms with Gasteiger partial charge in [-0.05, 0) is 107 Å². The lowest BCUT2D eigenvalue weighted by atomic mass is 9.86. The normalized spacial score (nSPS) is 15.0. The lowest BCUT2D eigenvalue weighted by Gasteiger charge is -2.33. The molecule has 2 heterocycles. The number of ether oxygens (including phenoxy) is 4. The van der Waals surface area contributed by atoms with Gasteiger partial charge in [0.05, 0.1) is 66.9 Å². The molecule has 0 amide bonds. The fraction of sp³-hybridized carbons (Fsp3) is 0.575. The number of aryl methyl sites for hydroxylation is 1. The average Bonchev–Trinajstić information content (AvgIpc) is 3.11. The maximum atomic E-state index is 13.0. The highest BCUT2D eigenvalue weighted by Crippen LogP contribution is 2.38. The zero-order valence-electron chi connectivity index (χ0n) is 33.4. The molecule has 15 heteroatoms. The molecular weight excluding hydrogens is 746 g/mol. The lowest BCUT2D eigenvalue weighted by molar-refractivity contribution is -0.159. The Kier molecular flexibility index (Phi) is 16.1. The van der Waals surface area contributed by atoms with E-state index in [4.69, 9.17) is 30.5 Å². The molecule has 0 spiro atoms. The zero-order valence-corrected chi connectivity index (χ0v) is 34.9. The largest absolute Gasteiger partial charge is 0.489 e. The third-order valence-electron chi connectivity index (χ3n) is 9.26. The van der Waals surface area contributed by atoms with Crippen molar-refractivity contribution in [2.24, 2.45) is 5.41 Å². The van der Waals surface area contributed by atoms with Crippen LogP contribution < -0.4 is 15.4 Å². The number of hydrogen-bond donors (Lipinski definition) is 3. The fourth-order valence-electron chi connectivity index (χ4n) is 6.33. The van der Waals surface area contributed by atoms with E-state index in [1.165, 1.54) is 11.8 Å². The standard InChI is InChI=1S/C40H58ClN5O8S/c1-26(2)54-34-24-30(29-13-15-46(16-14-29)17-18-51-19-20-52-21-22-53-36(38(47)48)40(6,7)8)28(5)23-33(34)44-39-42-25-31(41)37(45-39)43-32-11-9-10-12-35(32)55(49,50)27(3)4/h9-12,23-27,29,36H,13-22H2,1-8H3,(H,47,48)(H2,42,43,44,45). The van der Waals surface area contributed by atoms with Gasteiger partial charge in [-0.1, -0.05) is 44.5 Å². The van der Waals surface area contributed by atoms with Gasteiger partial charge in [-0.3, -0.25) is 0 Å². The number of piperidine rings is 1. The maximum Gasteiger partial charge on any atom is 0.333 e. The molecule has 3 aromatic rings. The van der Waals surface area contributed by atoms with E-state index < -0.39 is 32.6 Å². The third-order valence-corrected chi connectivity index (χ3v) is 11.7. The smallest absolute Gasteiger partial charge is 0.333 e. The van der Waals surface area contributed by atoms with E-state index in [9.17, 15) is 18.3 Å². The van der Waals surface area contributed by atoms with Gasteiger partial charge in [0.2, 0.25) is 5.95 Å². The van der Waals surface area contributed by atoms with Gasteiger partial charge in [-0.25, -0.2) is 18.2 Å². The zero-order chi connectivity index (χ0) is 40.3. The topological polar surface area (TPSA) is 161 Å². The second-order valence-corrected chi connectivity index (χ2v) is 18.3. The molecule has 1 aliphatic heterocycles. The molecule has 0 radical (unpaired) electrons. The third kappa shape index (κ3) is 12.7. The lowest BCUT2D eigenvalue weighted by Crippen LogP contribution is -2.37. The van der Waals surface area contributed by atoms with Crippen LogP contribution in [-0.4, -0.2) is 104 Å². The molecule has 1 aromatic heterocycles. The minimum atomic E-state index is -3.56. The van der Waals surface area contributed by atoms with Crippen LogP contribution in [0, 0.1) is 12.3 Å². The quantitative estimate of drug-likeness (QED) is 0.0958. The summed E-state index contributed by atoms with van der Waals surface area (Å²) in [6.07, 6.45) is 2.54. The molecule has 13 nitrogen and oxygen atoms in total. The number of benzene rings is 2. The SMILES string of the molecule is Cc1cc(Nc2ncc(Cl)c(Nc3ccccc3S(=O)(=O)C(C)C)n2)c(OC(C)C)cc1C1CCN(CCOCCOCCOC(C(=O)O)C(C)(C)C)CC1. The van der Waals surface area contributed by atoms with E-state index in [1.54, 1.807) is 38.1 Å². The molecule has 3 N–H and O–H groups in total. The van der Waals surface area contributed by atoms with Gasteiger partial charge < -0.3 is 39.6 Å². The molecular formula is C40H58ClN5O8S. The number of likely N-dealkylation sites (tertiary alicyclic amines) is 1. The van der Waals surface area contributed by atoms with E-state index in [0.29, 0.717) is 49.5 Å². The number of aromatic nitrogens is 2. The Balaban J connectivity index is 1.31. The monoisotopic (exact) mass is 803 g/mol. The van der Waals surface area contributed by atoms with Crippen molar-refractivity contribution in [3.05, 3.63) is 58.7 Å². The Morgan fingerprint density at radius 2 is 1.64 bits per heavy atom. The molecule has 1 fully saturated rings. The molecule has 1 unspecified atom stereocenters. The van der Waals surface area contributed by atoms with E-state index in [2.05, 4.69) is 44.6 Å². The van der Waals surface area contributed by atoms with E-state index in [1.807, 2.05) is 34.6 Å². The van der Waals surface area contributed by atoms with Gasteiger partial charge in [0.15, 0.2) is 21.8 Å². The van der Waals surface area contributed by atoms with Crippen LogP contribution in [-0.2, 0) is 28.8 Å². The van der Waals surface area contributed by atoms with E-state index in [0.717, 1.165) is 38.0 Å². The number of nitrogens with zero attached hydrogens (tertiary/aromatic N) is 3. The molecule has 1 aliphatic rings. The maximum absolute atomic E-state index is 13.0. The van der Waals surface area contributed by atoms with Crippen LogP contribution in [0.25, 0.3) is 0 Å². The molecule has 0 bridgehead atoms. The first-order chi connectivity index (χ1) is 26.0. The van der Waals surface area contributed by atoms with Crippen molar-refractivity contribution in [2.45, 2.75) is 96.5 Å². The average molecular weight is 804 g/mol. The predicted molar refractivity (Wildman–Crippen MR) is 216 cm³/mol. The number of nitrogens with one attached hydrogen (secondary N) is 2. The number of hydrogen-bond acceptors (Lipinski definition) is 12. The Morgan fingerprint density at radius 1 is 0.982 bits per heavy atom. The van der Waals surface area contributed by atoms with Gasteiger partial charge >= 0.3 is 5.97 Å². The van der Waals surface area contributed by atoms with Crippen molar-refractivity contribution in [1.82, 2.24) is 14.9 Å². The summed E-state index contributed by atoms with van der Waals surface area (Å²) >= 11 is 6.49. The van der Waals surface area contributed by atoms with Crippen molar-refractivity contribution < 1.29 is 37.3 Å². The Labute approximate surface area is 331 Å². The van der Waals surface area contributed by atoms with Crippen LogP contribution in [0.3, 0.4) is 0 Å².